The number of pyridine rings is 1. The van der Waals surface area contributed by atoms with Gasteiger partial charge in [-0.2, -0.15) is 0 Å². The zero-order valence-electron chi connectivity index (χ0n) is 17.2. The molecule has 0 spiro atoms. The van der Waals surface area contributed by atoms with E-state index in [4.69, 9.17) is 4.42 Å². The molecule has 5 rings (SSSR count). The lowest BCUT2D eigenvalue weighted by Gasteiger charge is -2.23. The first-order valence-electron chi connectivity index (χ1n) is 10.4. The van der Waals surface area contributed by atoms with Gasteiger partial charge >= 0.3 is 0 Å². The van der Waals surface area contributed by atoms with E-state index in [-0.39, 0.29) is 4.90 Å². The van der Waals surface area contributed by atoms with Crippen molar-refractivity contribution in [3.8, 4) is 22.5 Å². The maximum absolute atomic E-state index is 11.7. The molecule has 0 radical (unpaired) electrons. The van der Waals surface area contributed by atoms with E-state index < -0.39 is 15.4 Å². The first-order chi connectivity index (χ1) is 14.8. The van der Waals surface area contributed by atoms with Crippen LogP contribution in [0.4, 0.5) is 0 Å². The lowest BCUT2D eigenvalue weighted by molar-refractivity contribution is 0.0445. The van der Waals surface area contributed by atoms with Gasteiger partial charge in [-0.15, -0.1) is 0 Å². The lowest BCUT2D eigenvalue weighted by atomic mass is 9.90. The summed E-state index contributed by atoms with van der Waals surface area (Å²) in [5.41, 5.74) is 4.24. The number of aliphatic hydroxyl groups is 1. The van der Waals surface area contributed by atoms with E-state index in [1.165, 1.54) is 6.26 Å². The molecule has 4 aromatic rings. The summed E-state index contributed by atoms with van der Waals surface area (Å²) in [4.78, 5) is 4.72. The number of rotatable bonds is 4. The van der Waals surface area contributed by atoms with Gasteiger partial charge in [0.1, 0.15) is 11.3 Å². The van der Waals surface area contributed by atoms with Gasteiger partial charge in [0.2, 0.25) is 0 Å². The maximum atomic E-state index is 11.7. The fourth-order valence-electron chi connectivity index (χ4n) is 4.40. The Bertz CT molecular complexity index is 1360. The number of hydrogen-bond donors (Lipinski definition) is 1. The van der Waals surface area contributed by atoms with Crippen molar-refractivity contribution >= 4 is 20.9 Å². The Morgan fingerprint density at radius 2 is 1.71 bits per heavy atom. The number of benzene rings is 2. The van der Waals surface area contributed by atoms with Crippen LogP contribution in [0.2, 0.25) is 0 Å². The Morgan fingerprint density at radius 1 is 0.968 bits per heavy atom. The van der Waals surface area contributed by atoms with Crippen LogP contribution in [-0.4, -0.2) is 24.8 Å². The molecule has 6 heteroatoms. The van der Waals surface area contributed by atoms with Crippen LogP contribution in [0.1, 0.15) is 31.2 Å². The molecule has 0 atom stereocenters. The number of sulfone groups is 1. The Balaban J connectivity index is 1.57. The molecule has 0 bridgehead atoms. The summed E-state index contributed by atoms with van der Waals surface area (Å²) in [6.45, 7) is 0. The minimum absolute atomic E-state index is 0.271. The zero-order valence-corrected chi connectivity index (χ0v) is 18.0. The summed E-state index contributed by atoms with van der Waals surface area (Å²) in [6.07, 6.45) is 6.60. The first-order valence-corrected chi connectivity index (χ1v) is 12.2. The maximum Gasteiger partial charge on any atom is 0.175 e. The highest BCUT2D eigenvalue weighted by atomic mass is 32.2. The lowest BCUT2D eigenvalue weighted by Crippen LogP contribution is -2.20. The predicted molar refractivity (Wildman–Crippen MR) is 120 cm³/mol. The van der Waals surface area contributed by atoms with Crippen molar-refractivity contribution in [2.75, 3.05) is 6.26 Å². The van der Waals surface area contributed by atoms with Gasteiger partial charge in [0, 0.05) is 29.6 Å². The van der Waals surface area contributed by atoms with E-state index in [1.807, 2.05) is 36.4 Å². The first kappa shape index (κ1) is 20.0. The van der Waals surface area contributed by atoms with E-state index in [1.54, 1.807) is 30.5 Å². The van der Waals surface area contributed by atoms with Crippen molar-refractivity contribution in [2.24, 2.45) is 0 Å². The zero-order chi connectivity index (χ0) is 21.6. The van der Waals surface area contributed by atoms with Gasteiger partial charge in [0.25, 0.3) is 0 Å². The normalized spacial score (nSPS) is 16.1. The van der Waals surface area contributed by atoms with Gasteiger partial charge in [-0.05, 0) is 60.4 Å². The molecule has 1 fully saturated rings. The Kier molecular flexibility index (Phi) is 4.72. The van der Waals surface area contributed by atoms with E-state index in [2.05, 4.69) is 4.98 Å². The number of fused-ring (bicyclic) bond motifs is 1. The Morgan fingerprint density at radius 3 is 2.42 bits per heavy atom. The summed E-state index contributed by atoms with van der Waals surface area (Å²) in [7, 11) is -3.25. The largest absolute Gasteiger partial charge is 0.454 e. The molecule has 2 heterocycles. The minimum atomic E-state index is -3.25. The van der Waals surface area contributed by atoms with Crippen LogP contribution in [-0.2, 0) is 15.4 Å². The third-order valence-electron chi connectivity index (χ3n) is 6.12. The highest BCUT2D eigenvalue weighted by molar-refractivity contribution is 7.90. The van der Waals surface area contributed by atoms with Crippen molar-refractivity contribution in [3.63, 3.8) is 0 Å². The van der Waals surface area contributed by atoms with Crippen LogP contribution in [0.3, 0.4) is 0 Å². The van der Waals surface area contributed by atoms with Crippen LogP contribution in [0.25, 0.3) is 33.6 Å². The molecule has 0 amide bonds. The number of furan rings is 1. The van der Waals surface area contributed by atoms with E-state index in [0.29, 0.717) is 11.3 Å². The highest BCUT2D eigenvalue weighted by Gasteiger charge is 2.33. The van der Waals surface area contributed by atoms with E-state index >= 15 is 0 Å². The summed E-state index contributed by atoms with van der Waals surface area (Å²) >= 11 is 0. The van der Waals surface area contributed by atoms with Gasteiger partial charge < -0.3 is 9.52 Å². The van der Waals surface area contributed by atoms with Crippen LogP contribution in [0, 0.1) is 0 Å². The van der Waals surface area contributed by atoms with Gasteiger partial charge in [-0.3, -0.25) is 4.98 Å². The molecular formula is C25H23NO4S. The number of hydrogen-bond acceptors (Lipinski definition) is 5. The fraction of sp³-hybridized carbons (Fsp3) is 0.240. The van der Waals surface area contributed by atoms with Crippen molar-refractivity contribution in [1.29, 1.82) is 0 Å². The standard InChI is InChI=1S/C25H23NO4S/c1-31(28,29)20-9-7-17(8-10-20)23-16-22-24(30-23)21(11-14-26-22)18-5-4-6-19(15-18)25(27)12-2-3-13-25/h4-11,14-16,27H,2-3,12-13H2,1H3. The van der Waals surface area contributed by atoms with Crippen molar-refractivity contribution in [2.45, 2.75) is 36.2 Å². The predicted octanol–water partition coefficient (Wildman–Crippen LogP) is 5.33. The molecule has 0 unspecified atom stereocenters. The monoisotopic (exact) mass is 433 g/mol. The molecule has 0 saturated heterocycles. The second kappa shape index (κ2) is 7.32. The minimum Gasteiger partial charge on any atom is -0.454 e. The summed E-state index contributed by atoms with van der Waals surface area (Å²) in [6, 6.07) is 18.4. The second-order valence-corrected chi connectivity index (χ2v) is 10.3. The van der Waals surface area contributed by atoms with Gasteiger partial charge in [0.05, 0.1) is 10.5 Å². The molecule has 1 aliphatic rings. The number of aromatic nitrogens is 1. The topological polar surface area (TPSA) is 80.4 Å². The van der Waals surface area contributed by atoms with Crippen LogP contribution in [0.15, 0.2) is 76.2 Å². The van der Waals surface area contributed by atoms with Gasteiger partial charge in [0.15, 0.2) is 15.4 Å². The average molecular weight is 434 g/mol. The summed E-state index contributed by atoms with van der Waals surface area (Å²) in [5.74, 6) is 0.626. The van der Waals surface area contributed by atoms with Crippen LogP contribution in [0.5, 0.6) is 0 Å². The fourth-order valence-corrected chi connectivity index (χ4v) is 5.03. The molecule has 0 aliphatic heterocycles. The summed E-state index contributed by atoms with van der Waals surface area (Å²) in [5, 5.41) is 11.0. The van der Waals surface area contributed by atoms with Crippen LogP contribution < -0.4 is 0 Å². The highest BCUT2D eigenvalue weighted by Crippen LogP contribution is 2.40. The molecule has 158 valence electrons. The molecule has 31 heavy (non-hydrogen) atoms. The summed E-state index contributed by atoms with van der Waals surface area (Å²) < 4.78 is 29.6. The average Bonchev–Trinajstić information content (AvgIpc) is 3.40. The van der Waals surface area contributed by atoms with Crippen molar-refractivity contribution < 1.29 is 17.9 Å². The van der Waals surface area contributed by atoms with Crippen molar-refractivity contribution in [3.05, 3.63) is 72.4 Å². The van der Waals surface area contributed by atoms with Gasteiger partial charge in [-0.25, -0.2) is 8.42 Å². The molecule has 1 aliphatic carbocycles. The quantitative estimate of drug-likeness (QED) is 0.471. The smallest absolute Gasteiger partial charge is 0.175 e. The molecule has 5 nitrogen and oxygen atoms in total. The van der Waals surface area contributed by atoms with Crippen LogP contribution >= 0.6 is 0 Å². The molecular weight excluding hydrogens is 410 g/mol. The van der Waals surface area contributed by atoms with E-state index in [9.17, 15) is 13.5 Å². The SMILES string of the molecule is CS(=O)(=O)c1ccc(-c2cc3nccc(-c4cccc(C5(O)CCCC5)c4)c3o2)cc1. The Hall–Kier alpha value is -2.96. The third kappa shape index (κ3) is 3.66. The molecule has 2 aromatic heterocycles. The number of nitrogens with zero attached hydrogens (tertiary/aromatic N) is 1. The van der Waals surface area contributed by atoms with Crippen molar-refractivity contribution in [1.82, 2.24) is 4.98 Å². The van der Waals surface area contributed by atoms with Gasteiger partial charge in [-0.1, -0.05) is 31.0 Å². The molecule has 1 saturated carbocycles. The molecule has 2 aromatic carbocycles. The Labute approximate surface area is 181 Å². The van der Waals surface area contributed by atoms with E-state index in [0.717, 1.165) is 53.5 Å². The molecule has 1 N–H and O–H groups in total. The second-order valence-electron chi connectivity index (χ2n) is 8.30. The third-order valence-corrected chi connectivity index (χ3v) is 7.25.